The Kier molecular flexibility index (Phi) is 5.38. The van der Waals surface area contributed by atoms with Crippen molar-refractivity contribution in [2.24, 2.45) is 0 Å². The number of Topliss-reactive ketones (excluding diaryl/α,β-unsaturated/α-hetero) is 1. The summed E-state index contributed by atoms with van der Waals surface area (Å²) in [5.41, 5.74) is 0.794. The molecule has 0 saturated carbocycles. The van der Waals surface area contributed by atoms with E-state index in [0.29, 0.717) is 0 Å². The second kappa shape index (κ2) is 6.18. The second-order valence-corrected chi connectivity index (χ2v) is 2.16. The fourth-order valence-electron chi connectivity index (χ4n) is 0.606. The van der Waals surface area contributed by atoms with Crippen molar-refractivity contribution >= 4 is 5.78 Å². The van der Waals surface area contributed by atoms with E-state index in [4.69, 9.17) is 0 Å². The molecule has 62 valence electrons. The van der Waals surface area contributed by atoms with Crippen molar-refractivity contribution in [2.75, 3.05) is 0 Å². The average Bonchev–Trinajstić information content (AvgIpc) is 2.01. The summed E-state index contributed by atoms with van der Waals surface area (Å²) in [6.45, 7) is 6.88. The molecule has 0 rings (SSSR count). The van der Waals surface area contributed by atoms with Gasteiger partial charge < -0.3 is 0 Å². The lowest BCUT2D eigenvalue weighted by atomic mass is 10.2. The fraction of sp³-hybridized carbons (Fsp3) is 0.182. The molecule has 0 atom stereocenters. The Morgan fingerprint density at radius 2 is 2.08 bits per heavy atom. The molecule has 0 amide bonds. The minimum absolute atomic E-state index is 0.130. The van der Waals surface area contributed by atoms with E-state index in [2.05, 4.69) is 18.4 Å². The van der Waals surface area contributed by atoms with E-state index < -0.39 is 0 Å². The molecule has 0 aromatic heterocycles. The van der Waals surface area contributed by atoms with Crippen LogP contribution in [-0.4, -0.2) is 5.78 Å². The van der Waals surface area contributed by atoms with Crippen LogP contribution in [0.25, 0.3) is 0 Å². The Labute approximate surface area is 73.5 Å². The van der Waals surface area contributed by atoms with E-state index in [9.17, 15) is 4.79 Å². The molecular formula is C11H12O. The monoisotopic (exact) mass is 160 g/mol. The number of hydrogen-bond acceptors (Lipinski definition) is 1. The predicted molar refractivity (Wildman–Crippen MR) is 51.6 cm³/mol. The molecule has 0 radical (unpaired) electrons. The normalized spacial score (nSPS) is 10.7. The fourth-order valence-corrected chi connectivity index (χ4v) is 0.606. The smallest absolute Gasteiger partial charge is 0.202 e. The Hall–Kier alpha value is -1.55. The zero-order valence-corrected chi connectivity index (χ0v) is 7.42. The second-order valence-electron chi connectivity index (χ2n) is 2.16. The van der Waals surface area contributed by atoms with Crippen molar-refractivity contribution in [1.29, 1.82) is 0 Å². The Bertz CT molecular complexity index is 282. The van der Waals surface area contributed by atoms with E-state index in [1.807, 2.05) is 19.1 Å². The maximum atomic E-state index is 10.5. The lowest BCUT2D eigenvalue weighted by Crippen LogP contribution is -1.81. The molecule has 0 aromatic carbocycles. The van der Waals surface area contributed by atoms with Gasteiger partial charge in [-0.2, -0.15) is 0 Å². The standard InChI is InChI=1S/C11H12O/c1-4-6-11(7-5-2)9-8-10(3)12/h4-7H,1H2,2-3H3/b7-5-,11-6+. The van der Waals surface area contributed by atoms with Crippen LogP contribution in [0.2, 0.25) is 0 Å². The van der Waals surface area contributed by atoms with Crippen molar-refractivity contribution in [3.8, 4) is 11.8 Å². The van der Waals surface area contributed by atoms with E-state index in [1.165, 1.54) is 6.92 Å². The predicted octanol–water partition coefficient (Wildman–Crippen LogP) is 2.27. The summed E-state index contributed by atoms with van der Waals surface area (Å²) in [5.74, 6) is 5.05. The number of carbonyl (C=O) groups excluding carboxylic acids is 1. The number of carbonyl (C=O) groups is 1. The first-order valence-electron chi connectivity index (χ1n) is 3.68. The largest absolute Gasteiger partial charge is 0.285 e. The molecule has 1 heteroatoms. The van der Waals surface area contributed by atoms with Gasteiger partial charge in [0.05, 0.1) is 0 Å². The molecule has 0 fully saturated rings. The average molecular weight is 160 g/mol. The highest BCUT2D eigenvalue weighted by atomic mass is 16.1. The Balaban J connectivity index is 4.58. The lowest BCUT2D eigenvalue weighted by Gasteiger charge is -1.84. The maximum absolute atomic E-state index is 10.5. The molecular weight excluding hydrogens is 148 g/mol. The van der Waals surface area contributed by atoms with Gasteiger partial charge in [-0.15, -0.1) is 0 Å². The van der Waals surface area contributed by atoms with Crippen LogP contribution in [0.5, 0.6) is 0 Å². The number of rotatable bonds is 2. The highest BCUT2D eigenvalue weighted by molar-refractivity contribution is 5.93. The molecule has 0 aliphatic carbocycles. The zero-order chi connectivity index (χ0) is 9.40. The van der Waals surface area contributed by atoms with E-state index in [-0.39, 0.29) is 5.78 Å². The molecule has 0 N–H and O–H groups in total. The summed E-state index contributed by atoms with van der Waals surface area (Å²) in [7, 11) is 0. The van der Waals surface area contributed by atoms with Gasteiger partial charge in [-0.25, -0.2) is 0 Å². The van der Waals surface area contributed by atoms with Gasteiger partial charge in [-0.05, 0) is 18.9 Å². The van der Waals surface area contributed by atoms with E-state index in [1.54, 1.807) is 12.2 Å². The van der Waals surface area contributed by atoms with Crippen molar-refractivity contribution in [2.45, 2.75) is 13.8 Å². The summed E-state index contributed by atoms with van der Waals surface area (Å²) >= 11 is 0. The van der Waals surface area contributed by atoms with E-state index in [0.717, 1.165) is 5.57 Å². The van der Waals surface area contributed by atoms with E-state index >= 15 is 0 Å². The van der Waals surface area contributed by atoms with Crippen LogP contribution in [0.4, 0.5) is 0 Å². The highest BCUT2D eigenvalue weighted by Gasteiger charge is 1.83. The van der Waals surface area contributed by atoms with Crippen molar-refractivity contribution in [3.63, 3.8) is 0 Å². The lowest BCUT2D eigenvalue weighted by molar-refractivity contribution is -0.111. The first-order valence-corrected chi connectivity index (χ1v) is 3.68. The summed E-state index contributed by atoms with van der Waals surface area (Å²) in [4.78, 5) is 10.5. The quantitative estimate of drug-likeness (QED) is 0.344. The molecule has 0 aromatic rings. The van der Waals surface area contributed by atoms with Gasteiger partial charge in [-0.3, -0.25) is 4.79 Å². The van der Waals surface area contributed by atoms with Crippen molar-refractivity contribution in [3.05, 3.63) is 36.5 Å². The number of hydrogen-bond donors (Lipinski definition) is 0. The third-order valence-corrected chi connectivity index (χ3v) is 1.03. The van der Waals surface area contributed by atoms with Gasteiger partial charge in [0.2, 0.25) is 5.78 Å². The topological polar surface area (TPSA) is 17.1 Å². The first kappa shape index (κ1) is 10.4. The van der Waals surface area contributed by atoms with Gasteiger partial charge in [0, 0.05) is 12.5 Å². The third-order valence-electron chi connectivity index (χ3n) is 1.03. The molecule has 0 saturated heterocycles. The molecule has 0 heterocycles. The number of ketones is 1. The zero-order valence-electron chi connectivity index (χ0n) is 7.42. The van der Waals surface area contributed by atoms with Crippen LogP contribution >= 0.6 is 0 Å². The van der Waals surface area contributed by atoms with Crippen molar-refractivity contribution < 1.29 is 4.79 Å². The van der Waals surface area contributed by atoms with Gasteiger partial charge in [0.1, 0.15) is 0 Å². The minimum atomic E-state index is -0.130. The van der Waals surface area contributed by atoms with Crippen LogP contribution < -0.4 is 0 Å². The molecule has 0 bridgehead atoms. The van der Waals surface area contributed by atoms with Crippen LogP contribution in [0.3, 0.4) is 0 Å². The van der Waals surface area contributed by atoms with Gasteiger partial charge in [-0.1, -0.05) is 30.7 Å². The summed E-state index contributed by atoms with van der Waals surface area (Å²) in [5, 5.41) is 0. The summed E-state index contributed by atoms with van der Waals surface area (Å²) < 4.78 is 0. The van der Waals surface area contributed by atoms with Crippen LogP contribution in [0.1, 0.15) is 13.8 Å². The van der Waals surface area contributed by atoms with Crippen LogP contribution in [0.15, 0.2) is 36.5 Å². The third kappa shape index (κ3) is 5.25. The first-order chi connectivity index (χ1) is 5.70. The molecule has 0 aliphatic rings. The molecule has 0 unspecified atom stereocenters. The molecule has 12 heavy (non-hydrogen) atoms. The Morgan fingerprint density at radius 3 is 2.50 bits per heavy atom. The van der Waals surface area contributed by atoms with Gasteiger partial charge in [0.25, 0.3) is 0 Å². The molecule has 0 aliphatic heterocycles. The number of allylic oxidation sites excluding steroid dienone is 5. The summed E-state index contributed by atoms with van der Waals surface area (Å²) in [6.07, 6.45) is 7.10. The highest BCUT2D eigenvalue weighted by Crippen LogP contribution is 1.94. The molecule has 0 spiro atoms. The minimum Gasteiger partial charge on any atom is -0.285 e. The molecule has 1 nitrogen and oxygen atoms in total. The summed E-state index contributed by atoms with van der Waals surface area (Å²) in [6, 6.07) is 0. The Morgan fingerprint density at radius 1 is 1.42 bits per heavy atom. The van der Waals surface area contributed by atoms with Crippen LogP contribution in [-0.2, 0) is 4.79 Å². The van der Waals surface area contributed by atoms with Crippen LogP contribution in [0, 0.1) is 11.8 Å². The SMILES string of the molecule is C=C/C=C(C#CC(C)=O)\C=C/C. The van der Waals surface area contributed by atoms with Gasteiger partial charge in [0.15, 0.2) is 0 Å². The maximum Gasteiger partial charge on any atom is 0.202 e. The van der Waals surface area contributed by atoms with Crippen molar-refractivity contribution in [1.82, 2.24) is 0 Å². The van der Waals surface area contributed by atoms with Gasteiger partial charge >= 0.3 is 0 Å².